The van der Waals surface area contributed by atoms with E-state index in [1.54, 1.807) is 18.2 Å². The van der Waals surface area contributed by atoms with E-state index in [1.165, 1.54) is 16.9 Å². The standard InChI is InChI=1S/C16H11ClN4O/c17-13-3-1-2-11(6-13)7-14-9-16(22)21(20-14)15-8-12(10-18)4-5-19-15/h1-6,8-9,20H,7H2. The monoisotopic (exact) mass is 310 g/mol. The molecule has 0 spiro atoms. The molecule has 0 saturated heterocycles. The molecule has 1 aromatic carbocycles. The Morgan fingerprint density at radius 1 is 1.27 bits per heavy atom. The third-order valence-electron chi connectivity index (χ3n) is 3.16. The van der Waals surface area contributed by atoms with E-state index in [4.69, 9.17) is 16.9 Å². The van der Waals surface area contributed by atoms with Gasteiger partial charge in [0.2, 0.25) is 0 Å². The maximum Gasteiger partial charge on any atom is 0.272 e. The molecule has 0 aliphatic carbocycles. The fourth-order valence-electron chi connectivity index (χ4n) is 2.18. The summed E-state index contributed by atoms with van der Waals surface area (Å²) in [6.07, 6.45) is 2.05. The van der Waals surface area contributed by atoms with Crippen LogP contribution in [0.15, 0.2) is 53.5 Å². The molecule has 5 nitrogen and oxygen atoms in total. The van der Waals surface area contributed by atoms with E-state index < -0.39 is 0 Å². The number of rotatable bonds is 3. The molecule has 1 N–H and O–H groups in total. The molecule has 2 heterocycles. The van der Waals surface area contributed by atoms with Crippen LogP contribution in [0.5, 0.6) is 0 Å². The summed E-state index contributed by atoms with van der Waals surface area (Å²) in [5, 5.41) is 12.6. The van der Waals surface area contributed by atoms with Crippen molar-refractivity contribution in [1.29, 1.82) is 5.26 Å². The van der Waals surface area contributed by atoms with Gasteiger partial charge in [-0.1, -0.05) is 23.7 Å². The minimum Gasteiger partial charge on any atom is -0.293 e. The van der Waals surface area contributed by atoms with Gasteiger partial charge in [-0.25, -0.2) is 9.67 Å². The summed E-state index contributed by atoms with van der Waals surface area (Å²) in [6, 6.07) is 14.1. The number of aromatic amines is 1. The Balaban J connectivity index is 1.94. The lowest BCUT2D eigenvalue weighted by atomic mass is 10.1. The zero-order valence-corrected chi connectivity index (χ0v) is 12.2. The zero-order chi connectivity index (χ0) is 15.5. The van der Waals surface area contributed by atoms with Crippen LogP contribution in [-0.2, 0) is 6.42 Å². The number of pyridine rings is 1. The van der Waals surface area contributed by atoms with Gasteiger partial charge in [-0.2, -0.15) is 5.26 Å². The van der Waals surface area contributed by atoms with Crippen LogP contribution in [0.3, 0.4) is 0 Å². The first kappa shape index (κ1) is 14.1. The molecular weight excluding hydrogens is 300 g/mol. The number of H-pyrrole nitrogens is 1. The van der Waals surface area contributed by atoms with Crippen LogP contribution in [0.1, 0.15) is 16.8 Å². The van der Waals surface area contributed by atoms with Crippen molar-refractivity contribution >= 4 is 11.6 Å². The van der Waals surface area contributed by atoms with Gasteiger partial charge in [0.1, 0.15) is 0 Å². The number of nitrogens with one attached hydrogen (secondary N) is 1. The highest BCUT2D eigenvalue weighted by Gasteiger charge is 2.08. The van der Waals surface area contributed by atoms with Crippen LogP contribution < -0.4 is 5.56 Å². The van der Waals surface area contributed by atoms with E-state index in [9.17, 15) is 4.79 Å². The van der Waals surface area contributed by atoms with E-state index in [1.807, 2.05) is 24.3 Å². The minimum atomic E-state index is -0.223. The second-order valence-electron chi connectivity index (χ2n) is 4.78. The maximum absolute atomic E-state index is 12.1. The van der Waals surface area contributed by atoms with Gasteiger partial charge in [-0.05, 0) is 23.8 Å². The minimum absolute atomic E-state index is 0.223. The third kappa shape index (κ3) is 2.92. The van der Waals surface area contributed by atoms with E-state index in [-0.39, 0.29) is 5.56 Å². The summed E-state index contributed by atoms with van der Waals surface area (Å²) < 4.78 is 1.32. The predicted molar refractivity (Wildman–Crippen MR) is 83.2 cm³/mol. The maximum atomic E-state index is 12.1. The Labute approximate surface area is 131 Å². The first-order valence-corrected chi connectivity index (χ1v) is 6.95. The van der Waals surface area contributed by atoms with Crippen molar-refractivity contribution < 1.29 is 0 Å². The Morgan fingerprint density at radius 3 is 2.91 bits per heavy atom. The van der Waals surface area contributed by atoms with Gasteiger partial charge in [0.05, 0.1) is 11.6 Å². The average molecular weight is 311 g/mol. The van der Waals surface area contributed by atoms with Gasteiger partial charge in [-0.3, -0.25) is 9.89 Å². The summed E-state index contributed by atoms with van der Waals surface area (Å²) >= 11 is 5.96. The van der Waals surface area contributed by atoms with E-state index in [0.29, 0.717) is 22.8 Å². The summed E-state index contributed by atoms with van der Waals surface area (Å²) in [6.45, 7) is 0. The van der Waals surface area contributed by atoms with Gasteiger partial charge in [0.25, 0.3) is 5.56 Å². The number of hydrogen-bond donors (Lipinski definition) is 1. The molecule has 0 aliphatic heterocycles. The normalized spacial score (nSPS) is 10.4. The molecule has 3 aromatic rings. The highest BCUT2D eigenvalue weighted by molar-refractivity contribution is 6.30. The molecular formula is C16H11ClN4O. The molecule has 0 saturated carbocycles. The summed E-state index contributed by atoms with van der Waals surface area (Å²) in [4.78, 5) is 16.2. The number of benzene rings is 1. The smallest absolute Gasteiger partial charge is 0.272 e. The second kappa shape index (κ2) is 5.88. The zero-order valence-electron chi connectivity index (χ0n) is 11.5. The molecule has 2 aromatic heterocycles. The van der Waals surface area contributed by atoms with Crippen molar-refractivity contribution in [3.63, 3.8) is 0 Å². The van der Waals surface area contributed by atoms with Crippen LogP contribution in [-0.4, -0.2) is 14.8 Å². The number of halogens is 1. The van der Waals surface area contributed by atoms with Crippen molar-refractivity contribution in [1.82, 2.24) is 14.8 Å². The van der Waals surface area contributed by atoms with Gasteiger partial charge in [-0.15, -0.1) is 0 Å². The lowest BCUT2D eigenvalue weighted by Gasteiger charge is -2.02. The van der Waals surface area contributed by atoms with Crippen LogP contribution >= 0.6 is 11.6 Å². The summed E-state index contributed by atoms with van der Waals surface area (Å²) in [5.41, 5.74) is 1.97. The fourth-order valence-corrected chi connectivity index (χ4v) is 2.40. The first-order valence-electron chi connectivity index (χ1n) is 6.57. The van der Waals surface area contributed by atoms with Crippen molar-refractivity contribution in [2.24, 2.45) is 0 Å². The molecule has 0 radical (unpaired) electrons. The van der Waals surface area contributed by atoms with Gasteiger partial charge in [0.15, 0.2) is 5.82 Å². The van der Waals surface area contributed by atoms with Gasteiger partial charge >= 0.3 is 0 Å². The number of hydrogen-bond acceptors (Lipinski definition) is 3. The molecule has 6 heteroatoms. The Kier molecular flexibility index (Phi) is 3.77. The van der Waals surface area contributed by atoms with E-state index in [2.05, 4.69) is 10.1 Å². The molecule has 0 amide bonds. The van der Waals surface area contributed by atoms with E-state index >= 15 is 0 Å². The lowest BCUT2D eigenvalue weighted by Crippen LogP contribution is -2.14. The SMILES string of the molecule is N#Cc1ccnc(-n2[nH]c(Cc3cccc(Cl)c3)cc2=O)c1. The van der Waals surface area contributed by atoms with Crippen LogP contribution in [0, 0.1) is 11.3 Å². The van der Waals surface area contributed by atoms with Crippen molar-refractivity contribution in [3.05, 3.63) is 80.9 Å². The van der Waals surface area contributed by atoms with Crippen molar-refractivity contribution in [3.8, 4) is 11.9 Å². The number of aromatic nitrogens is 3. The highest BCUT2D eigenvalue weighted by Crippen LogP contribution is 2.13. The van der Waals surface area contributed by atoms with E-state index in [0.717, 1.165) is 11.3 Å². The lowest BCUT2D eigenvalue weighted by molar-refractivity contribution is 0.798. The largest absolute Gasteiger partial charge is 0.293 e. The molecule has 3 rings (SSSR count). The van der Waals surface area contributed by atoms with Gasteiger partial charge in [0, 0.05) is 35.5 Å². The molecule has 108 valence electrons. The molecule has 0 atom stereocenters. The topological polar surface area (TPSA) is 74.5 Å². The van der Waals surface area contributed by atoms with Crippen LogP contribution in [0.2, 0.25) is 5.02 Å². The highest BCUT2D eigenvalue weighted by atomic mass is 35.5. The molecule has 0 unspecified atom stereocenters. The van der Waals surface area contributed by atoms with Crippen LogP contribution in [0.25, 0.3) is 5.82 Å². The number of nitriles is 1. The van der Waals surface area contributed by atoms with Crippen LogP contribution in [0.4, 0.5) is 0 Å². The summed E-state index contributed by atoms with van der Waals surface area (Å²) in [5.74, 6) is 0.390. The predicted octanol–water partition coefficient (Wildman–Crippen LogP) is 2.68. The quantitative estimate of drug-likeness (QED) is 0.808. The summed E-state index contributed by atoms with van der Waals surface area (Å²) in [7, 11) is 0. The molecule has 22 heavy (non-hydrogen) atoms. The number of nitrogens with zero attached hydrogens (tertiary/aromatic N) is 3. The average Bonchev–Trinajstić information content (AvgIpc) is 2.88. The third-order valence-corrected chi connectivity index (χ3v) is 3.40. The fraction of sp³-hybridized carbons (Fsp3) is 0.0625. The molecule has 0 aliphatic rings. The Hall–Kier alpha value is -2.84. The second-order valence-corrected chi connectivity index (χ2v) is 5.21. The Morgan fingerprint density at radius 2 is 2.14 bits per heavy atom. The molecule has 0 bridgehead atoms. The first-order chi connectivity index (χ1) is 10.7. The van der Waals surface area contributed by atoms with Crippen molar-refractivity contribution in [2.45, 2.75) is 6.42 Å². The molecule has 0 fully saturated rings. The van der Waals surface area contributed by atoms with Crippen molar-refractivity contribution in [2.75, 3.05) is 0 Å². The Bertz CT molecular complexity index is 920. The van der Waals surface area contributed by atoms with Gasteiger partial charge < -0.3 is 0 Å².